The molecule has 0 bridgehead atoms. The van der Waals surface area contributed by atoms with Crippen LogP contribution in [0.3, 0.4) is 0 Å². The summed E-state index contributed by atoms with van der Waals surface area (Å²) in [5.41, 5.74) is -0.701. The first-order valence-corrected chi connectivity index (χ1v) is 5.06. The highest BCUT2D eigenvalue weighted by Crippen LogP contribution is 2.21. The first-order chi connectivity index (χ1) is 8.40. The number of alkyl halides is 2. The zero-order chi connectivity index (χ0) is 13.4. The monoisotopic (exact) mass is 280 g/mol. The second-order valence-electron chi connectivity index (χ2n) is 3.41. The van der Waals surface area contributed by atoms with Crippen LogP contribution in [-0.2, 0) is 0 Å². The van der Waals surface area contributed by atoms with Gasteiger partial charge in [-0.25, -0.2) is 26.6 Å². The molecule has 0 fully saturated rings. The predicted molar refractivity (Wildman–Crippen MR) is 55.8 cm³/mol. The van der Waals surface area contributed by atoms with Gasteiger partial charge >= 0.3 is 0 Å². The third kappa shape index (κ3) is 2.15. The number of nitrogens with one attached hydrogen (secondary N) is 1. The molecule has 0 aliphatic carbocycles. The summed E-state index contributed by atoms with van der Waals surface area (Å²) in [6.07, 6.45) is -2.80. The molecule has 0 radical (unpaired) electrons. The Labute approximate surface area is 103 Å². The van der Waals surface area contributed by atoms with E-state index in [9.17, 15) is 22.0 Å². The second-order valence-corrected chi connectivity index (χ2v) is 3.83. The van der Waals surface area contributed by atoms with Crippen molar-refractivity contribution >= 4 is 12.2 Å². The normalized spacial score (nSPS) is 11.2. The maximum atomic E-state index is 13.0. The molecular formula is C10H5F5N2S. The molecule has 18 heavy (non-hydrogen) atoms. The van der Waals surface area contributed by atoms with E-state index in [1.54, 1.807) is 0 Å². The Balaban J connectivity index is 2.59. The predicted octanol–water partition coefficient (Wildman–Crippen LogP) is 3.89. The molecule has 96 valence electrons. The minimum absolute atomic E-state index is 0.101. The standard InChI is InChI=1S/C10H5F5N2S/c11-5-1-4(2-6(12)9(5)13)17-8(18)3-7(16-17)10(14)15/h1-3,10,16H. The molecule has 0 spiro atoms. The summed E-state index contributed by atoms with van der Waals surface area (Å²) >= 11 is 4.75. The summed E-state index contributed by atoms with van der Waals surface area (Å²) in [6.45, 7) is 0. The Hall–Kier alpha value is -1.70. The van der Waals surface area contributed by atoms with Gasteiger partial charge in [-0.15, -0.1) is 0 Å². The van der Waals surface area contributed by atoms with E-state index in [4.69, 9.17) is 12.2 Å². The van der Waals surface area contributed by atoms with Crippen molar-refractivity contribution in [3.05, 3.63) is 46.0 Å². The topological polar surface area (TPSA) is 20.7 Å². The number of aromatic amines is 1. The van der Waals surface area contributed by atoms with Crippen LogP contribution in [0.4, 0.5) is 22.0 Å². The molecule has 1 heterocycles. The molecule has 0 unspecified atom stereocenters. The van der Waals surface area contributed by atoms with Crippen LogP contribution in [-0.4, -0.2) is 9.78 Å². The summed E-state index contributed by atoms with van der Waals surface area (Å²) in [5.74, 6) is -4.49. The van der Waals surface area contributed by atoms with Gasteiger partial charge in [-0.3, -0.25) is 5.10 Å². The van der Waals surface area contributed by atoms with Crippen LogP contribution in [0.5, 0.6) is 0 Å². The van der Waals surface area contributed by atoms with Crippen LogP contribution >= 0.6 is 12.2 Å². The van der Waals surface area contributed by atoms with Crippen LogP contribution < -0.4 is 0 Å². The van der Waals surface area contributed by atoms with Gasteiger partial charge in [-0.05, 0) is 0 Å². The minimum atomic E-state index is -2.80. The van der Waals surface area contributed by atoms with Gasteiger partial charge in [0, 0.05) is 18.2 Å². The fourth-order valence-corrected chi connectivity index (χ4v) is 1.67. The molecule has 0 aliphatic rings. The average molecular weight is 280 g/mol. The lowest BCUT2D eigenvalue weighted by Gasteiger charge is -2.04. The molecule has 2 rings (SSSR count). The lowest BCUT2D eigenvalue weighted by molar-refractivity contribution is 0.145. The Kier molecular flexibility index (Phi) is 3.20. The van der Waals surface area contributed by atoms with E-state index in [1.165, 1.54) is 0 Å². The summed E-state index contributed by atoms with van der Waals surface area (Å²) in [6, 6.07) is 2.26. The molecule has 8 heteroatoms. The van der Waals surface area contributed by atoms with Crippen molar-refractivity contribution in [3.8, 4) is 5.69 Å². The van der Waals surface area contributed by atoms with E-state index < -0.39 is 29.6 Å². The number of hydrogen-bond acceptors (Lipinski definition) is 1. The molecule has 2 aromatic rings. The average Bonchev–Trinajstić information content (AvgIpc) is 2.68. The van der Waals surface area contributed by atoms with Gasteiger partial charge in [0.05, 0.1) is 5.69 Å². The molecule has 2 nitrogen and oxygen atoms in total. The number of halogens is 5. The number of rotatable bonds is 2. The van der Waals surface area contributed by atoms with Crippen molar-refractivity contribution in [2.75, 3.05) is 0 Å². The smallest absolute Gasteiger partial charge is 0.279 e. The summed E-state index contributed by atoms with van der Waals surface area (Å²) < 4.78 is 64.3. The van der Waals surface area contributed by atoms with Crippen molar-refractivity contribution in [2.24, 2.45) is 0 Å². The van der Waals surface area contributed by atoms with Gasteiger partial charge in [-0.2, -0.15) is 0 Å². The third-order valence-electron chi connectivity index (χ3n) is 2.20. The van der Waals surface area contributed by atoms with Gasteiger partial charge in [0.2, 0.25) is 0 Å². The molecule has 1 aromatic carbocycles. The van der Waals surface area contributed by atoms with Gasteiger partial charge in [-0.1, -0.05) is 12.2 Å². The van der Waals surface area contributed by atoms with Crippen molar-refractivity contribution < 1.29 is 22.0 Å². The SMILES string of the molecule is Fc1cc(-n2[nH]c(C(F)F)cc2=S)cc(F)c1F. The summed E-state index contributed by atoms with van der Waals surface area (Å²) in [4.78, 5) is 0. The molecule has 0 aliphatic heterocycles. The van der Waals surface area contributed by atoms with Crippen LogP contribution in [0.2, 0.25) is 0 Å². The highest BCUT2D eigenvalue weighted by atomic mass is 32.1. The van der Waals surface area contributed by atoms with E-state index in [2.05, 4.69) is 5.10 Å². The van der Waals surface area contributed by atoms with Crippen LogP contribution in [0.15, 0.2) is 18.2 Å². The third-order valence-corrected chi connectivity index (χ3v) is 2.50. The molecule has 1 aromatic heterocycles. The zero-order valence-electron chi connectivity index (χ0n) is 8.55. The van der Waals surface area contributed by atoms with Crippen LogP contribution in [0.25, 0.3) is 5.69 Å². The van der Waals surface area contributed by atoms with Gasteiger partial charge in [0.1, 0.15) is 10.3 Å². The van der Waals surface area contributed by atoms with Crippen molar-refractivity contribution in [2.45, 2.75) is 6.43 Å². The lowest BCUT2D eigenvalue weighted by atomic mass is 10.3. The number of H-pyrrole nitrogens is 1. The van der Waals surface area contributed by atoms with Crippen molar-refractivity contribution in [1.29, 1.82) is 0 Å². The largest absolute Gasteiger partial charge is 0.291 e. The van der Waals surface area contributed by atoms with Crippen molar-refractivity contribution in [3.63, 3.8) is 0 Å². The first kappa shape index (κ1) is 12.7. The van der Waals surface area contributed by atoms with Crippen LogP contribution in [0, 0.1) is 22.1 Å². The zero-order valence-corrected chi connectivity index (χ0v) is 9.37. The summed E-state index contributed by atoms with van der Waals surface area (Å²) in [7, 11) is 0. The molecule has 0 atom stereocenters. The Morgan fingerprint density at radius 1 is 1.06 bits per heavy atom. The molecule has 0 saturated heterocycles. The van der Waals surface area contributed by atoms with E-state index in [-0.39, 0.29) is 10.3 Å². The fourth-order valence-electron chi connectivity index (χ4n) is 1.39. The quantitative estimate of drug-likeness (QED) is 0.503. The molecule has 0 saturated carbocycles. The number of aromatic nitrogens is 2. The van der Waals surface area contributed by atoms with E-state index in [1.807, 2.05) is 0 Å². The first-order valence-electron chi connectivity index (χ1n) is 4.65. The fraction of sp³-hybridized carbons (Fsp3) is 0.100. The van der Waals surface area contributed by atoms with Gasteiger partial charge in [0.15, 0.2) is 17.5 Å². The molecular weight excluding hydrogens is 275 g/mol. The maximum absolute atomic E-state index is 13.0. The van der Waals surface area contributed by atoms with Gasteiger partial charge in [0.25, 0.3) is 6.43 Å². The minimum Gasteiger partial charge on any atom is -0.291 e. The van der Waals surface area contributed by atoms with Crippen LogP contribution in [0.1, 0.15) is 12.1 Å². The van der Waals surface area contributed by atoms with E-state index in [0.29, 0.717) is 12.1 Å². The number of hydrogen-bond donors (Lipinski definition) is 1. The molecule has 1 N–H and O–H groups in total. The Morgan fingerprint density at radius 2 is 1.61 bits per heavy atom. The van der Waals surface area contributed by atoms with Gasteiger partial charge < -0.3 is 0 Å². The highest BCUT2D eigenvalue weighted by Gasteiger charge is 2.15. The number of benzene rings is 1. The van der Waals surface area contributed by atoms with Crippen molar-refractivity contribution in [1.82, 2.24) is 9.78 Å². The Morgan fingerprint density at radius 3 is 2.06 bits per heavy atom. The van der Waals surface area contributed by atoms with E-state index >= 15 is 0 Å². The maximum Gasteiger partial charge on any atom is 0.279 e. The Bertz CT molecular complexity index is 623. The molecule has 0 amide bonds. The lowest BCUT2D eigenvalue weighted by Crippen LogP contribution is -2.01. The highest BCUT2D eigenvalue weighted by molar-refractivity contribution is 7.71. The van der Waals surface area contributed by atoms with E-state index in [0.717, 1.165) is 10.7 Å². The summed E-state index contributed by atoms with van der Waals surface area (Å²) in [5, 5.41) is 2.18. The second kappa shape index (κ2) is 4.52. The number of nitrogens with zero attached hydrogens (tertiary/aromatic N) is 1.